The average Bonchev–Trinajstić information content (AvgIpc) is 1.88. The molecule has 1 aromatic heterocycles. The highest BCUT2D eigenvalue weighted by Crippen LogP contribution is 1.98. The van der Waals surface area contributed by atoms with E-state index in [-0.39, 0.29) is 6.01 Å². The minimum absolute atomic E-state index is 0.192. The Morgan fingerprint density at radius 3 is 2.60 bits per heavy atom. The first-order valence-electron chi connectivity index (χ1n) is 2.91. The van der Waals surface area contributed by atoms with Gasteiger partial charge in [0.2, 0.25) is 0 Å². The molecule has 4 heteroatoms. The van der Waals surface area contributed by atoms with Crippen LogP contribution in [0.3, 0.4) is 0 Å². The van der Waals surface area contributed by atoms with Crippen molar-refractivity contribution in [3.8, 4) is 6.01 Å². The molecule has 1 unspecified atom stereocenters. The fourth-order valence-electron chi connectivity index (χ4n) is 0.499. The van der Waals surface area contributed by atoms with Crippen LogP contribution in [-0.4, -0.2) is 21.4 Å². The largest absolute Gasteiger partial charge is 0.434 e. The van der Waals surface area contributed by atoms with E-state index < -0.39 is 6.29 Å². The summed E-state index contributed by atoms with van der Waals surface area (Å²) in [5.74, 6) is 0. The minimum Gasteiger partial charge on any atom is -0.434 e. The molecule has 0 saturated heterocycles. The number of aliphatic hydroxyl groups excluding tert-OH is 1. The molecule has 1 heterocycles. The molecule has 0 aliphatic heterocycles. The monoisotopic (exact) mass is 140 g/mol. The van der Waals surface area contributed by atoms with E-state index in [1.807, 2.05) is 0 Å². The van der Waals surface area contributed by atoms with E-state index in [9.17, 15) is 0 Å². The number of aliphatic hydroxyl groups is 1. The maximum Gasteiger partial charge on any atom is 0.318 e. The number of hydrogen-bond donors (Lipinski definition) is 1. The van der Waals surface area contributed by atoms with Crippen LogP contribution in [0.4, 0.5) is 0 Å². The van der Waals surface area contributed by atoms with Gasteiger partial charge in [-0.05, 0) is 13.0 Å². The number of aromatic nitrogens is 2. The highest BCUT2D eigenvalue weighted by Gasteiger charge is 1.97. The fourth-order valence-corrected chi connectivity index (χ4v) is 0.499. The third-order valence-electron chi connectivity index (χ3n) is 0.818. The summed E-state index contributed by atoms with van der Waals surface area (Å²) < 4.78 is 4.75. The second-order valence-electron chi connectivity index (χ2n) is 1.75. The van der Waals surface area contributed by atoms with Crippen LogP contribution in [0.2, 0.25) is 0 Å². The lowest BCUT2D eigenvalue weighted by Crippen LogP contribution is -2.11. The Balaban J connectivity index is 2.59. The lowest BCUT2D eigenvalue weighted by molar-refractivity contribution is -0.00736. The van der Waals surface area contributed by atoms with E-state index in [0.717, 1.165) is 0 Å². The van der Waals surface area contributed by atoms with Gasteiger partial charge in [0.1, 0.15) is 0 Å². The molecule has 0 spiro atoms. The third-order valence-corrected chi connectivity index (χ3v) is 0.818. The lowest BCUT2D eigenvalue weighted by Gasteiger charge is -2.03. The molecule has 1 atom stereocenters. The molecule has 1 rings (SSSR count). The summed E-state index contributed by atoms with van der Waals surface area (Å²) in [6.07, 6.45) is 2.23. The van der Waals surface area contributed by atoms with Crippen LogP contribution in [0.25, 0.3) is 0 Å². The summed E-state index contributed by atoms with van der Waals surface area (Å²) in [4.78, 5) is 7.45. The number of ether oxygens (including phenoxy) is 1. The molecule has 1 aromatic rings. The predicted octanol–water partition coefficient (Wildman–Crippen LogP) is 0.194. The smallest absolute Gasteiger partial charge is 0.318 e. The van der Waals surface area contributed by atoms with Crippen molar-refractivity contribution in [1.29, 1.82) is 0 Å². The molecule has 4 nitrogen and oxygen atoms in total. The van der Waals surface area contributed by atoms with Crippen molar-refractivity contribution >= 4 is 0 Å². The van der Waals surface area contributed by atoms with Gasteiger partial charge in [-0.1, -0.05) is 0 Å². The Morgan fingerprint density at radius 2 is 2.10 bits per heavy atom. The van der Waals surface area contributed by atoms with E-state index in [4.69, 9.17) is 9.84 Å². The van der Waals surface area contributed by atoms with E-state index in [0.29, 0.717) is 0 Å². The molecule has 0 radical (unpaired) electrons. The van der Waals surface area contributed by atoms with E-state index in [1.54, 1.807) is 18.5 Å². The summed E-state index contributed by atoms with van der Waals surface area (Å²) in [6, 6.07) is 1.87. The molecule has 54 valence electrons. The molecule has 0 bridgehead atoms. The van der Waals surface area contributed by atoms with E-state index >= 15 is 0 Å². The number of nitrogens with zero attached hydrogens (tertiary/aromatic N) is 2. The Hall–Kier alpha value is -1.16. The van der Waals surface area contributed by atoms with Gasteiger partial charge < -0.3 is 9.84 Å². The maximum absolute atomic E-state index is 8.70. The Bertz CT molecular complexity index is 188. The van der Waals surface area contributed by atoms with Crippen LogP contribution in [0.5, 0.6) is 6.01 Å². The maximum atomic E-state index is 8.70. The van der Waals surface area contributed by atoms with Crippen molar-refractivity contribution in [3.63, 3.8) is 0 Å². The normalized spacial score (nSPS) is 12.6. The van der Waals surface area contributed by atoms with Gasteiger partial charge in [0.25, 0.3) is 0 Å². The summed E-state index contributed by atoms with van der Waals surface area (Å²) in [5.41, 5.74) is 0. The highest BCUT2D eigenvalue weighted by atomic mass is 16.6. The lowest BCUT2D eigenvalue weighted by atomic mass is 10.7. The second-order valence-corrected chi connectivity index (χ2v) is 1.75. The molecule has 10 heavy (non-hydrogen) atoms. The van der Waals surface area contributed by atoms with Gasteiger partial charge in [0.15, 0.2) is 6.29 Å². The summed E-state index contributed by atoms with van der Waals surface area (Å²) in [5, 5.41) is 8.70. The number of hydrogen-bond acceptors (Lipinski definition) is 4. The van der Waals surface area contributed by atoms with Crippen LogP contribution in [0.15, 0.2) is 18.5 Å². The number of rotatable bonds is 2. The Morgan fingerprint density at radius 1 is 1.50 bits per heavy atom. The van der Waals surface area contributed by atoms with Gasteiger partial charge in [-0.15, -0.1) is 0 Å². The second kappa shape index (κ2) is 3.12. The molecule has 1 N–H and O–H groups in total. The summed E-state index contributed by atoms with van der Waals surface area (Å²) in [7, 11) is 0. The van der Waals surface area contributed by atoms with Gasteiger partial charge in [-0.3, -0.25) is 0 Å². The van der Waals surface area contributed by atoms with Crippen molar-refractivity contribution in [2.24, 2.45) is 0 Å². The third kappa shape index (κ3) is 1.99. The van der Waals surface area contributed by atoms with Crippen molar-refractivity contribution < 1.29 is 9.84 Å². The van der Waals surface area contributed by atoms with Crippen LogP contribution in [-0.2, 0) is 0 Å². The van der Waals surface area contributed by atoms with E-state index in [1.165, 1.54) is 6.92 Å². The zero-order valence-electron chi connectivity index (χ0n) is 5.56. The van der Waals surface area contributed by atoms with Crippen LogP contribution in [0, 0.1) is 0 Å². The van der Waals surface area contributed by atoms with Crippen molar-refractivity contribution in [2.45, 2.75) is 13.2 Å². The van der Waals surface area contributed by atoms with Gasteiger partial charge in [0.05, 0.1) is 0 Å². The van der Waals surface area contributed by atoms with Crippen molar-refractivity contribution in [2.75, 3.05) is 0 Å². The SMILES string of the molecule is CC(O)Oc1ncccn1. The van der Waals surface area contributed by atoms with Crippen LogP contribution >= 0.6 is 0 Å². The van der Waals surface area contributed by atoms with Crippen molar-refractivity contribution in [1.82, 2.24) is 9.97 Å². The molecule has 0 aliphatic carbocycles. The first-order valence-corrected chi connectivity index (χ1v) is 2.91. The Labute approximate surface area is 58.5 Å². The standard InChI is InChI=1S/C6H8N2O2/c1-5(9)10-6-7-3-2-4-8-6/h2-5,9H,1H3. The van der Waals surface area contributed by atoms with Crippen LogP contribution in [0.1, 0.15) is 6.92 Å². The quantitative estimate of drug-likeness (QED) is 0.596. The molecule has 0 aromatic carbocycles. The fraction of sp³-hybridized carbons (Fsp3) is 0.333. The van der Waals surface area contributed by atoms with Crippen LogP contribution < -0.4 is 4.74 Å². The first-order chi connectivity index (χ1) is 4.79. The summed E-state index contributed by atoms with van der Waals surface area (Å²) in [6.45, 7) is 1.50. The molecule has 0 fully saturated rings. The Kier molecular flexibility index (Phi) is 2.17. The van der Waals surface area contributed by atoms with Crippen molar-refractivity contribution in [3.05, 3.63) is 18.5 Å². The topological polar surface area (TPSA) is 55.2 Å². The first kappa shape index (κ1) is 6.95. The van der Waals surface area contributed by atoms with Gasteiger partial charge in [-0.25, -0.2) is 9.97 Å². The highest BCUT2D eigenvalue weighted by molar-refractivity contribution is 4.92. The molecular weight excluding hydrogens is 132 g/mol. The van der Waals surface area contributed by atoms with Gasteiger partial charge in [0, 0.05) is 12.4 Å². The minimum atomic E-state index is -0.859. The molecule has 0 aliphatic rings. The predicted molar refractivity (Wildman–Crippen MR) is 34.3 cm³/mol. The van der Waals surface area contributed by atoms with Gasteiger partial charge >= 0.3 is 6.01 Å². The molecule has 0 saturated carbocycles. The zero-order valence-corrected chi connectivity index (χ0v) is 5.56. The van der Waals surface area contributed by atoms with Gasteiger partial charge in [-0.2, -0.15) is 0 Å². The summed E-state index contributed by atoms with van der Waals surface area (Å²) >= 11 is 0. The molecular formula is C6H8N2O2. The average molecular weight is 140 g/mol. The zero-order chi connectivity index (χ0) is 7.40. The molecule has 0 amide bonds. The van der Waals surface area contributed by atoms with E-state index in [2.05, 4.69) is 9.97 Å².